The van der Waals surface area contributed by atoms with Gasteiger partial charge in [0.25, 0.3) is 0 Å². The van der Waals surface area contributed by atoms with E-state index in [1.54, 1.807) is 31.3 Å². The molecule has 2 aromatic rings. The monoisotopic (exact) mass is 302 g/mol. The summed E-state index contributed by atoms with van der Waals surface area (Å²) < 4.78 is 18.7. The van der Waals surface area contributed by atoms with E-state index in [1.165, 1.54) is 18.1 Å². The summed E-state index contributed by atoms with van der Waals surface area (Å²) in [6.07, 6.45) is -0.507. The molecule has 1 atom stereocenters. The minimum atomic E-state index is -0.677. The zero-order valence-electron chi connectivity index (χ0n) is 12.8. The van der Waals surface area contributed by atoms with Crippen LogP contribution in [-0.2, 0) is 4.74 Å². The number of aryl methyl sites for hydroxylation is 1. The summed E-state index contributed by atoms with van der Waals surface area (Å²) in [5, 5.41) is 0. The van der Waals surface area contributed by atoms with Crippen LogP contribution in [0.2, 0.25) is 0 Å². The predicted molar refractivity (Wildman–Crippen MR) is 84.4 cm³/mol. The Morgan fingerprint density at radius 1 is 1.23 bits per heavy atom. The number of halogens is 1. The minimum absolute atomic E-state index is 0.373. The van der Waals surface area contributed by atoms with Crippen LogP contribution in [0, 0.1) is 12.7 Å². The molecule has 2 aromatic carbocycles. The number of amides is 1. The van der Waals surface area contributed by atoms with Gasteiger partial charge in [-0.1, -0.05) is 30.3 Å². The zero-order chi connectivity index (χ0) is 16.3. The Morgan fingerprint density at radius 2 is 1.91 bits per heavy atom. The molecule has 0 aliphatic carbocycles. The van der Waals surface area contributed by atoms with E-state index in [0.717, 1.165) is 5.56 Å². The van der Waals surface area contributed by atoms with Gasteiger partial charge in [0.1, 0.15) is 5.82 Å². The molecule has 0 spiro atoms. The van der Waals surface area contributed by atoms with Crippen molar-refractivity contribution in [1.29, 1.82) is 0 Å². The van der Waals surface area contributed by atoms with E-state index in [1.807, 2.05) is 19.1 Å². The van der Waals surface area contributed by atoms with E-state index in [0.29, 0.717) is 16.8 Å². The van der Waals surface area contributed by atoms with Crippen molar-refractivity contribution in [2.24, 2.45) is 5.73 Å². The SMILES string of the molecule is COC(=O)N(C)c1cc(C)ccc1C(N)c1ccccc1F. The van der Waals surface area contributed by atoms with Crippen LogP contribution in [0.25, 0.3) is 0 Å². The van der Waals surface area contributed by atoms with Crippen LogP contribution in [0.5, 0.6) is 0 Å². The summed E-state index contributed by atoms with van der Waals surface area (Å²) >= 11 is 0. The summed E-state index contributed by atoms with van der Waals surface area (Å²) in [4.78, 5) is 13.2. The Balaban J connectivity index is 2.51. The van der Waals surface area contributed by atoms with E-state index < -0.39 is 12.1 Å². The first-order chi connectivity index (χ1) is 10.5. The van der Waals surface area contributed by atoms with Gasteiger partial charge in [-0.3, -0.25) is 4.90 Å². The number of benzene rings is 2. The van der Waals surface area contributed by atoms with Crippen molar-refractivity contribution in [3.05, 3.63) is 65.0 Å². The first kappa shape index (κ1) is 16.0. The average molecular weight is 302 g/mol. The third kappa shape index (κ3) is 3.09. The average Bonchev–Trinajstić information content (AvgIpc) is 2.53. The Bertz CT molecular complexity index is 688. The third-order valence-electron chi connectivity index (χ3n) is 3.57. The van der Waals surface area contributed by atoms with E-state index in [-0.39, 0.29) is 5.82 Å². The maximum Gasteiger partial charge on any atom is 0.413 e. The number of carbonyl (C=O) groups excluding carboxylic acids is 1. The molecule has 0 saturated carbocycles. The molecular weight excluding hydrogens is 283 g/mol. The third-order valence-corrected chi connectivity index (χ3v) is 3.57. The molecule has 0 bridgehead atoms. The summed E-state index contributed by atoms with van der Waals surface area (Å²) in [5.74, 6) is -0.373. The summed E-state index contributed by atoms with van der Waals surface area (Å²) in [6.45, 7) is 1.91. The summed E-state index contributed by atoms with van der Waals surface area (Å²) in [5.41, 5.74) is 8.83. The van der Waals surface area contributed by atoms with Gasteiger partial charge in [0.05, 0.1) is 18.8 Å². The molecule has 2 rings (SSSR count). The fourth-order valence-corrected chi connectivity index (χ4v) is 2.34. The fourth-order valence-electron chi connectivity index (χ4n) is 2.34. The topological polar surface area (TPSA) is 55.6 Å². The summed E-state index contributed by atoms with van der Waals surface area (Å²) in [6, 6.07) is 11.2. The standard InChI is InChI=1S/C17H19FN2O2/c1-11-8-9-13(15(10-11)20(2)17(21)22-3)16(19)12-6-4-5-7-14(12)18/h4-10,16H,19H2,1-3H3. The Labute approximate surface area is 129 Å². The number of methoxy groups -OCH3 is 1. The number of anilines is 1. The fraction of sp³-hybridized carbons (Fsp3) is 0.235. The number of ether oxygens (including phenoxy) is 1. The van der Waals surface area contributed by atoms with Gasteiger partial charge in [0.15, 0.2) is 0 Å². The van der Waals surface area contributed by atoms with Gasteiger partial charge in [0.2, 0.25) is 0 Å². The molecule has 0 saturated heterocycles. The number of hydrogen-bond acceptors (Lipinski definition) is 3. The van der Waals surface area contributed by atoms with E-state index in [4.69, 9.17) is 10.5 Å². The second-order valence-corrected chi connectivity index (χ2v) is 5.09. The van der Waals surface area contributed by atoms with Crippen molar-refractivity contribution in [2.45, 2.75) is 13.0 Å². The lowest BCUT2D eigenvalue weighted by atomic mass is 9.96. The lowest BCUT2D eigenvalue weighted by Gasteiger charge is -2.23. The number of nitrogens with zero attached hydrogens (tertiary/aromatic N) is 1. The van der Waals surface area contributed by atoms with Gasteiger partial charge < -0.3 is 10.5 Å². The minimum Gasteiger partial charge on any atom is -0.452 e. The Morgan fingerprint density at radius 3 is 2.55 bits per heavy atom. The molecule has 5 heteroatoms. The van der Waals surface area contributed by atoms with Crippen LogP contribution in [0.1, 0.15) is 22.7 Å². The van der Waals surface area contributed by atoms with E-state index >= 15 is 0 Å². The van der Waals surface area contributed by atoms with Crippen molar-refractivity contribution in [1.82, 2.24) is 0 Å². The maximum atomic E-state index is 14.0. The lowest BCUT2D eigenvalue weighted by Crippen LogP contribution is -2.28. The van der Waals surface area contributed by atoms with Crippen molar-refractivity contribution in [3.8, 4) is 0 Å². The number of nitrogens with two attached hydrogens (primary N) is 1. The molecule has 0 aliphatic rings. The number of carbonyl (C=O) groups is 1. The highest BCUT2D eigenvalue weighted by Crippen LogP contribution is 2.31. The highest BCUT2D eigenvalue weighted by molar-refractivity contribution is 5.88. The molecule has 0 aliphatic heterocycles. The lowest BCUT2D eigenvalue weighted by molar-refractivity contribution is 0.180. The number of hydrogen-bond donors (Lipinski definition) is 1. The van der Waals surface area contributed by atoms with Gasteiger partial charge in [-0.05, 0) is 30.2 Å². The molecule has 116 valence electrons. The first-order valence-electron chi connectivity index (χ1n) is 6.88. The largest absolute Gasteiger partial charge is 0.452 e. The number of rotatable bonds is 3. The highest BCUT2D eigenvalue weighted by atomic mass is 19.1. The van der Waals surface area contributed by atoms with Crippen molar-refractivity contribution >= 4 is 11.8 Å². The zero-order valence-corrected chi connectivity index (χ0v) is 12.8. The normalized spacial score (nSPS) is 11.9. The van der Waals surface area contributed by atoms with Crippen LogP contribution in [0.15, 0.2) is 42.5 Å². The molecule has 0 heterocycles. The molecule has 0 fully saturated rings. The van der Waals surface area contributed by atoms with Crippen LogP contribution >= 0.6 is 0 Å². The molecular formula is C17H19FN2O2. The molecule has 22 heavy (non-hydrogen) atoms. The second-order valence-electron chi connectivity index (χ2n) is 5.09. The van der Waals surface area contributed by atoms with Crippen LogP contribution in [-0.4, -0.2) is 20.3 Å². The predicted octanol–water partition coefficient (Wildman–Crippen LogP) is 3.38. The van der Waals surface area contributed by atoms with E-state index in [9.17, 15) is 9.18 Å². The van der Waals surface area contributed by atoms with E-state index in [2.05, 4.69) is 0 Å². The van der Waals surface area contributed by atoms with Crippen molar-refractivity contribution in [2.75, 3.05) is 19.1 Å². The summed E-state index contributed by atoms with van der Waals surface area (Å²) in [7, 11) is 2.91. The van der Waals surface area contributed by atoms with Crippen molar-refractivity contribution in [3.63, 3.8) is 0 Å². The molecule has 4 nitrogen and oxygen atoms in total. The first-order valence-corrected chi connectivity index (χ1v) is 6.88. The maximum absolute atomic E-state index is 14.0. The van der Waals surface area contributed by atoms with Gasteiger partial charge in [-0.15, -0.1) is 0 Å². The van der Waals surface area contributed by atoms with Gasteiger partial charge in [-0.25, -0.2) is 9.18 Å². The second kappa shape index (κ2) is 6.58. The van der Waals surface area contributed by atoms with Crippen LogP contribution in [0.4, 0.5) is 14.9 Å². The Kier molecular flexibility index (Phi) is 4.78. The Hall–Kier alpha value is -2.40. The molecule has 1 amide bonds. The molecule has 1 unspecified atom stereocenters. The van der Waals surface area contributed by atoms with Gasteiger partial charge in [-0.2, -0.15) is 0 Å². The van der Waals surface area contributed by atoms with Gasteiger partial charge in [0, 0.05) is 12.6 Å². The smallest absolute Gasteiger partial charge is 0.413 e. The molecule has 0 aromatic heterocycles. The van der Waals surface area contributed by atoms with Crippen LogP contribution < -0.4 is 10.6 Å². The highest BCUT2D eigenvalue weighted by Gasteiger charge is 2.21. The molecule has 2 N–H and O–H groups in total. The quantitative estimate of drug-likeness (QED) is 0.945. The molecule has 0 radical (unpaired) electrons. The van der Waals surface area contributed by atoms with Gasteiger partial charge >= 0.3 is 6.09 Å². The van der Waals surface area contributed by atoms with Crippen LogP contribution in [0.3, 0.4) is 0 Å². The van der Waals surface area contributed by atoms with Crippen molar-refractivity contribution < 1.29 is 13.9 Å².